The Bertz CT molecular complexity index is 615. The summed E-state index contributed by atoms with van der Waals surface area (Å²) in [5, 5.41) is 10.4. The molecule has 0 aromatic heterocycles. The first-order valence-corrected chi connectivity index (χ1v) is 10.2. The summed E-state index contributed by atoms with van der Waals surface area (Å²) in [7, 11) is 3.77. The van der Waals surface area contributed by atoms with Gasteiger partial charge in [0.15, 0.2) is 11.5 Å². The highest BCUT2D eigenvalue weighted by atomic mass is 16.5. The first-order chi connectivity index (χ1) is 13.4. The van der Waals surface area contributed by atoms with Crippen molar-refractivity contribution >= 4 is 0 Å². The molecule has 1 atom stereocenters. The second kappa shape index (κ2) is 11.4. The third-order valence-electron chi connectivity index (χ3n) is 5.07. The molecule has 1 N–H and O–H groups in total. The Kier molecular flexibility index (Phi) is 9.25. The van der Waals surface area contributed by atoms with Gasteiger partial charge in [0.2, 0.25) is 0 Å². The quantitative estimate of drug-likeness (QED) is 0.583. The van der Waals surface area contributed by atoms with Crippen molar-refractivity contribution in [1.82, 2.24) is 14.7 Å². The number of hydrogen-bond acceptors (Lipinski definition) is 6. The van der Waals surface area contributed by atoms with Gasteiger partial charge in [-0.2, -0.15) is 0 Å². The standard InChI is InChI=1S/C22H37N3O3/c1-6-24(14-18(2)3)15-19-7-8-21(27-5)22(13-19)28-17-20(26)16-25-11-9-23(4)10-12-25/h7-8,13,20,26H,2,6,9-12,14-17H2,1,3-5H3/t20-/m1/s1. The van der Waals surface area contributed by atoms with E-state index >= 15 is 0 Å². The first-order valence-electron chi connectivity index (χ1n) is 10.2. The molecule has 0 saturated carbocycles. The Labute approximate surface area is 170 Å². The van der Waals surface area contributed by atoms with Gasteiger partial charge in [0.05, 0.1) is 7.11 Å². The second-order valence-corrected chi connectivity index (χ2v) is 7.81. The van der Waals surface area contributed by atoms with E-state index in [0.29, 0.717) is 18.0 Å². The maximum absolute atomic E-state index is 10.4. The van der Waals surface area contributed by atoms with Crippen LogP contribution in [0.2, 0.25) is 0 Å². The lowest BCUT2D eigenvalue weighted by Crippen LogP contribution is -2.47. The number of aliphatic hydroxyl groups is 1. The molecule has 158 valence electrons. The highest BCUT2D eigenvalue weighted by Gasteiger charge is 2.18. The van der Waals surface area contributed by atoms with Crippen molar-refractivity contribution in [2.24, 2.45) is 0 Å². The minimum atomic E-state index is -0.521. The Hall–Kier alpha value is -1.60. The average molecular weight is 392 g/mol. The van der Waals surface area contributed by atoms with Gasteiger partial charge in [0, 0.05) is 45.8 Å². The minimum absolute atomic E-state index is 0.259. The molecule has 2 rings (SSSR count). The van der Waals surface area contributed by atoms with Crippen molar-refractivity contribution in [3.8, 4) is 11.5 Å². The summed E-state index contributed by atoms with van der Waals surface area (Å²) in [6.07, 6.45) is -0.521. The monoisotopic (exact) mass is 391 g/mol. The predicted octanol–water partition coefficient (Wildman–Crippen LogP) is 2.08. The van der Waals surface area contributed by atoms with E-state index in [2.05, 4.69) is 41.3 Å². The van der Waals surface area contributed by atoms with E-state index in [-0.39, 0.29) is 6.61 Å². The number of benzene rings is 1. The lowest BCUT2D eigenvalue weighted by molar-refractivity contribution is 0.0497. The molecule has 1 heterocycles. The summed E-state index contributed by atoms with van der Waals surface area (Å²) >= 11 is 0. The number of hydrogen-bond donors (Lipinski definition) is 1. The van der Waals surface area contributed by atoms with Crippen LogP contribution >= 0.6 is 0 Å². The number of β-amino-alcohol motifs (C(OH)–C–C–N with tert-alkyl or cyclic N) is 1. The summed E-state index contributed by atoms with van der Waals surface area (Å²) < 4.78 is 11.4. The van der Waals surface area contributed by atoms with Gasteiger partial charge in [-0.05, 0) is 38.2 Å². The van der Waals surface area contributed by atoms with Crippen LogP contribution in [-0.2, 0) is 6.54 Å². The minimum Gasteiger partial charge on any atom is -0.493 e. The molecule has 1 aromatic carbocycles. The molecular formula is C22H37N3O3. The van der Waals surface area contributed by atoms with Crippen molar-refractivity contribution in [3.63, 3.8) is 0 Å². The lowest BCUT2D eigenvalue weighted by Gasteiger charge is -2.33. The Balaban J connectivity index is 1.92. The molecule has 0 radical (unpaired) electrons. The maximum atomic E-state index is 10.4. The van der Waals surface area contributed by atoms with Crippen molar-refractivity contribution in [2.45, 2.75) is 26.5 Å². The number of likely N-dealkylation sites (N-methyl/N-ethyl adjacent to an activating group) is 2. The molecule has 6 nitrogen and oxygen atoms in total. The third kappa shape index (κ3) is 7.43. The van der Waals surface area contributed by atoms with Crippen LogP contribution in [0.15, 0.2) is 30.4 Å². The molecular weight excluding hydrogens is 354 g/mol. The van der Waals surface area contributed by atoms with Gasteiger partial charge in [-0.15, -0.1) is 0 Å². The van der Waals surface area contributed by atoms with Crippen LogP contribution in [0.3, 0.4) is 0 Å². The maximum Gasteiger partial charge on any atom is 0.161 e. The van der Waals surface area contributed by atoms with Crippen LogP contribution in [0.5, 0.6) is 11.5 Å². The summed E-state index contributed by atoms with van der Waals surface area (Å²) in [6.45, 7) is 15.8. The zero-order valence-electron chi connectivity index (χ0n) is 18.0. The smallest absolute Gasteiger partial charge is 0.161 e. The van der Waals surface area contributed by atoms with Crippen LogP contribution < -0.4 is 9.47 Å². The van der Waals surface area contributed by atoms with E-state index in [0.717, 1.165) is 56.9 Å². The van der Waals surface area contributed by atoms with Crippen LogP contribution in [0.4, 0.5) is 0 Å². The number of methoxy groups -OCH3 is 1. The fourth-order valence-electron chi connectivity index (χ4n) is 3.42. The highest BCUT2D eigenvalue weighted by molar-refractivity contribution is 5.43. The van der Waals surface area contributed by atoms with Crippen molar-refractivity contribution in [1.29, 1.82) is 0 Å². The second-order valence-electron chi connectivity index (χ2n) is 7.81. The molecule has 0 spiro atoms. The number of rotatable bonds is 11. The molecule has 0 unspecified atom stereocenters. The van der Waals surface area contributed by atoms with E-state index in [1.165, 1.54) is 0 Å². The third-order valence-corrected chi connectivity index (χ3v) is 5.07. The highest BCUT2D eigenvalue weighted by Crippen LogP contribution is 2.29. The molecule has 1 aliphatic rings. The zero-order valence-corrected chi connectivity index (χ0v) is 18.0. The fourth-order valence-corrected chi connectivity index (χ4v) is 3.42. The van der Waals surface area contributed by atoms with Crippen LogP contribution in [-0.4, -0.2) is 92.5 Å². The predicted molar refractivity (Wildman–Crippen MR) is 114 cm³/mol. The van der Waals surface area contributed by atoms with E-state index in [4.69, 9.17) is 9.47 Å². The molecule has 1 aromatic rings. The van der Waals surface area contributed by atoms with Gasteiger partial charge in [-0.3, -0.25) is 9.80 Å². The molecule has 0 aliphatic carbocycles. The van der Waals surface area contributed by atoms with E-state index in [1.54, 1.807) is 7.11 Å². The Morgan fingerprint density at radius 2 is 1.96 bits per heavy atom. The lowest BCUT2D eigenvalue weighted by atomic mass is 10.1. The van der Waals surface area contributed by atoms with Gasteiger partial charge in [0.1, 0.15) is 12.7 Å². The fraction of sp³-hybridized carbons (Fsp3) is 0.636. The molecule has 28 heavy (non-hydrogen) atoms. The van der Waals surface area contributed by atoms with Crippen molar-refractivity contribution in [3.05, 3.63) is 35.9 Å². The largest absolute Gasteiger partial charge is 0.493 e. The van der Waals surface area contributed by atoms with Crippen LogP contribution in [0, 0.1) is 0 Å². The Morgan fingerprint density at radius 3 is 2.57 bits per heavy atom. The Morgan fingerprint density at radius 1 is 1.25 bits per heavy atom. The number of nitrogens with zero attached hydrogens (tertiary/aromatic N) is 3. The van der Waals surface area contributed by atoms with Crippen molar-refractivity contribution < 1.29 is 14.6 Å². The number of piperazine rings is 1. The van der Waals surface area contributed by atoms with Gasteiger partial charge in [-0.1, -0.05) is 25.1 Å². The molecule has 1 fully saturated rings. The van der Waals surface area contributed by atoms with Crippen molar-refractivity contribution in [2.75, 3.05) is 66.6 Å². The summed E-state index contributed by atoms with van der Waals surface area (Å²) in [6, 6.07) is 6.02. The molecule has 0 amide bonds. The van der Waals surface area contributed by atoms with Crippen LogP contribution in [0.1, 0.15) is 19.4 Å². The first kappa shape index (κ1) is 22.7. The van der Waals surface area contributed by atoms with Crippen LogP contribution in [0.25, 0.3) is 0 Å². The molecule has 1 saturated heterocycles. The summed E-state index contributed by atoms with van der Waals surface area (Å²) in [5.41, 5.74) is 2.31. The number of ether oxygens (including phenoxy) is 2. The average Bonchev–Trinajstić information content (AvgIpc) is 2.67. The van der Waals surface area contributed by atoms with E-state index in [9.17, 15) is 5.11 Å². The summed E-state index contributed by atoms with van der Waals surface area (Å²) in [4.78, 5) is 6.93. The summed E-state index contributed by atoms with van der Waals surface area (Å²) in [5.74, 6) is 1.38. The number of aliphatic hydroxyl groups excluding tert-OH is 1. The topological polar surface area (TPSA) is 48.4 Å². The van der Waals surface area contributed by atoms with E-state index in [1.807, 2.05) is 19.1 Å². The van der Waals surface area contributed by atoms with Gasteiger partial charge >= 0.3 is 0 Å². The van der Waals surface area contributed by atoms with E-state index < -0.39 is 6.10 Å². The normalized spacial score (nSPS) is 16.9. The van der Waals surface area contributed by atoms with Gasteiger partial charge in [-0.25, -0.2) is 0 Å². The van der Waals surface area contributed by atoms with Gasteiger partial charge in [0.25, 0.3) is 0 Å². The molecule has 1 aliphatic heterocycles. The molecule has 6 heteroatoms. The molecule has 0 bridgehead atoms. The zero-order chi connectivity index (χ0) is 20.5. The van der Waals surface area contributed by atoms with Gasteiger partial charge < -0.3 is 19.5 Å². The SMILES string of the molecule is C=C(C)CN(CC)Cc1ccc(OC)c(OC[C@H](O)CN2CCN(C)CC2)c1.